The van der Waals surface area contributed by atoms with Gasteiger partial charge in [0.2, 0.25) is 0 Å². The van der Waals surface area contributed by atoms with Crippen molar-refractivity contribution >= 4 is 17.9 Å². The van der Waals surface area contributed by atoms with Crippen molar-refractivity contribution in [3.05, 3.63) is 48.6 Å². The van der Waals surface area contributed by atoms with Gasteiger partial charge in [-0.05, 0) is 77.0 Å². The lowest BCUT2D eigenvalue weighted by Crippen LogP contribution is -2.30. The molecule has 0 aliphatic heterocycles. The Morgan fingerprint density at radius 1 is 0.247 bits per heavy atom. The number of carbonyl (C=O) groups excluding carboxylic acids is 3. The van der Waals surface area contributed by atoms with Gasteiger partial charge in [0.15, 0.2) is 6.10 Å². The molecule has 0 saturated carbocycles. The van der Waals surface area contributed by atoms with E-state index in [4.69, 9.17) is 14.2 Å². The second-order valence-electron chi connectivity index (χ2n) is 24.5. The maximum atomic E-state index is 12.9. The van der Waals surface area contributed by atoms with E-state index in [1.54, 1.807) is 0 Å². The van der Waals surface area contributed by atoms with Crippen LogP contribution in [0.15, 0.2) is 48.6 Å². The van der Waals surface area contributed by atoms with Crippen LogP contribution in [-0.4, -0.2) is 37.2 Å². The molecule has 1 atom stereocenters. The highest BCUT2D eigenvalue weighted by Crippen LogP contribution is 2.19. The van der Waals surface area contributed by atoms with Gasteiger partial charge < -0.3 is 14.2 Å². The Labute approximate surface area is 505 Å². The first kappa shape index (κ1) is 78.4. The molecule has 0 aromatic carbocycles. The van der Waals surface area contributed by atoms with Crippen LogP contribution in [0.5, 0.6) is 0 Å². The van der Waals surface area contributed by atoms with E-state index >= 15 is 0 Å². The molecule has 0 spiro atoms. The van der Waals surface area contributed by atoms with Crippen LogP contribution in [0.4, 0.5) is 0 Å². The Morgan fingerprint density at radius 3 is 0.778 bits per heavy atom. The van der Waals surface area contributed by atoms with E-state index in [1.807, 2.05) is 0 Å². The molecule has 0 heterocycles. The fourth-order valence-corrected chi connectivity index (χ4v) is 10.9. The summed E-state index contributed by atoms with van der Waals surface area (Å²) in [5.74, 6) is -0.881. The van der Waals surface area contributed by atoms with Gasteiger partial charge >= 0.3 is 17.9 Å². The smallest absolute Gasteiger partial charge is 0.306 e. The summed E-state index contributed by atoms with van der Waals surface area (Å²) >= 11 is 0. The standard InChI is InChI=1S/C75H138O6/c1-4-7-10-13-16-19-22-24-26-28-30-31-32-33-34-35-36-37-38-39-40-41-42-43-44-46-47-49-51-53-56-59-62-65-68-74(77)80-71-72(70-79-73(76)67-64-61-58-55-21-18-15-12-9-6-3)81-75(78)69-66-63-60-57-54-52-50-48-45-29-27-25-23-20-17-14-11-8-5-2/h12,15,17,20,25,27,45,48,72H,4-11,13-14,16,18-19,21-24,26,28-44,46-47,49-71H2,1-3H3/b15-12-,20-17-,27-25-,48-45-. The highest BCUT2D eigenvalue weighted by atomic mass is 16.6. The van der Waals surface area contributed by atoms with Gasteiger partial charge in [0.05, 0.1) is 0 Å². The fraction of sp³-hybridized carbons (Fsp3) is 0.853. The number of ether oxygens (including phenoxy) is 3. The predicted molar refractivity (Wildman–Crippen MR) is 353 cm³/mol. The lowest BCUT2D eigenvalue weighted by atomic mass is 10.0. The maximum Gasteiger partial charge on any atom is 0.306 e. The highest BCUT2D eigenvalue weighted by molar-refractivity contribution is 5.71. The minimum Gasteiger partial charge on any atom is -0.462 e. The lowest BCUT2D eigenvalue weighted by Gasteiger charge is -2.18. The number of esters is 3. The van der Waals surface area contributed by atoms with Gasteiger partial charge in [0, 0.05) is 19.3 Å². The second kappa shape index (κ2) is 69.9. The average molecular weight is 1140 g/mol. The summed E-state index contributed by atoms with van der Waals surface area (Å²) in [7, 11) is 0. The first-order valence-corrected chi connectivity index (χ1v) is 36.1. The first-order chi connectivity index (χ1) is 40.0. The molecule has 81 heavy (non-hydrogen) atoms. The predicted octanol–water partition coefficient (Wildman–Crippen LogP) is 24.9. The van der Waals surface area contributed by atoms with E-state index < -0.39 is 6.10 Å². The molecule has 0 bridgehead atoms. The van der Waals surface area contributed by atoms with Crippen LogP contribution in [0.1, 0.15) is 393 Å². The number of hydrogen-bond acceptors (Lipinski definition) is 6. The van der Waals surface area contributed by atoms with Crippen molar-refractivity contribution in [2.24, 2.45) is 0 Å². The van der Waals surface area contributed by atoms with Crippen LogP contribution in [0.25, 0.3) is 0 Å². The molecule has 0 N–H and O–H groups in total. The van der Waals surface area contributed by atoms with Crippen molar-refractivity contribution in [3.63, 3.8) is 0 Å². The number of rotatable bonds is 67. The number of hydrogen-bond donors (Lipinski definition) is 0. The Bertz CT molecular complexity index is 1400. The zero-order valence-corrected chi connectivity index (χ0v) is 54.6. The van der Waals surface area contributed by atoms with E-state index in [2.05, 4.69) is 69.4 Å². The second-order valence-corrected chi connectivity index (χ2v) is 24.5. The van der Waals surface area contributed by atoms with Crippen molar-refractivity contribution in [2.45, 2.75) is 399 Å². The third kappa shape index (κ3) is 68.0. The van der Waals surface area contributed by atoms with E-state index in [0.29, 0.717) is 19.3 Å². The lowest BCUT2D eigenvalue weighted by molar-refractivity contribution is -0.167. The van der Waals surface area contributed by atoms with Crippen LogP contribution >= 0.6 is 0 Å². The summed E-state index contributed by atoms with van der Waals surface area (Å²) in [5.41, 5.74) is 0. The normalized spacial score (nSPS) is 12.3. The number of allylic oxidation sites excluding steroid dienone is 8. The maximum absolute atomic E-state index is 12.9. The van der Waals surface area contributed by atoms with E-state index in [1.165, 1.54) is 257 Å². The van der Waals surface area contributed by atoms with Crippen molar-refractivity contribution in [2.75, 3.05) is 13.2 Å². The fourth-order valence-electron chi connectivity index (χ4n) is 10.9. The third-order valence-electron chi connectivity index (χ3n) is 16.3. The molecule has 0 aromatic rings. The molecule has 0 rings (SSSR count). The summed E-state index contributed by atoms with van der Waals surface area (Å²) in [6.07, 6.45) is 88.9. The highest BCUT2D eigenvalue weighted by Gasteiger charge is 2.19. The van der Waals surface area contributed by atoms with Gasteiger partial charge in [-0.15, -0.1) is 0 Å². The molecule has 0 saturated heterocycles. The molecule has 474 valence electrons. The SMILES string of the molecule is CCC/C=C\CCCCCCCC(=O)OCC(COC(=O)CCCCCCCCCCCCCCCCCCCCCCCCCCCCCCCCCCCC)OC(=O)CCCCCCCC/C=C\C/C=C\C/C=C\CCCCC. The monoisotopic (exact) mass is 1140 g/mol. The zero-order valence-electron chi connectivity index (χ0n) is 54.6. The quantitative estimate of drug-likeness (QED) is 0.0261. The van der Waals surface area contributed by atoms with Crippen LogP contribution in [0.3, 0.4) is 0 Å². The van der Waals surface area contributed by atoms with E-state index in [9.17, 15) is 14.4 Å². The molecule has 0 amide bonds. The topological polar surface area (TPSA) is 78.9 Å². The molecule has 0 aliphatic rings. The van der Waals surface area contributed by atoms with Crippen molar-refractivity contribution in [3.8, 4) is 0 Å². The van der Waals surface area contributed by atoms with Crippen LogP contribution < -0.4 is 0 Å². The van der Waals surface area contributed by atoms with Crippen molar-refractivity contribution in [1.82, 2.24) is 0 Å². The van der Waals surface area contributed by atoms with Crippen LogP contribution in [-0.2, 0) is 28.6 Å². The Balaban J connectivity index is 4.05. The number of unbranched alkanes of at least 4 members (excludes halogenated alkanes) is 48. The van der Waals surface area contributed by atoms with Gasteiger partial charge in [-0.2, -0.15) is 0 Å². The largest absolute Gasteiger partial charge is 0.462 e. The summed E-state index contributed by atoms with van der Waals surface area (Å²) < 4.78 is 16.9. The minimum atomic E-state index is -0.783. The first-order valence-electron chi connectivity index (χ1n) is 36.1. The summed E-state index contributed by atoms with van der Waals surface area (Å²) in [6, 6.07) is 0. The van der Waals surface area contributed by atoms with Crippen LogP contribution in [0.2, 0.25) is 0 Å². The van der Waals surface area contributed by atoms with Gasteiger partial charge in [0.25, 0.3) is 0 Å². The Morgan fingerprint density at radius 2 is 0.469 bits per heavy atom. The number of carbonyl (C=O) groups is 3. The molecule has 0 radical (unpaired) electrons. The molecule has 0 aromatic heterocycles. The molecule has 6 nitrogen and oxygen atoms in total. The molecule has 0 fully saturated rings. The molecule has 1 unspecified atom stereocenters. The molecule has 6 heteroatoms. The Kier molecular flexibility index (Phi) is 67.6. The zero-order chi connectivity index (χ0) is 58.5. The van der Waals surface area contributed by atoms with Gasteiger partial charge in [-0.25, -0.2) is 0 Å². The molecular formula is C75H138O6. The average Bonchev–Trinajstić information content (AvgIpc) is 3.47. The van der Waals surface area contributed by atoms with E-state index in [-0.39, 0.29) is 31.1 Å². The summed E-state index contributed by atoms with van der Waals surface area (Å²) in [4.78, 5) is 38.3. The van der Waals surface area contributed by atoms with Crippen molar-refractivity contribution in [1.29, 1.82) is 0 Å². The van der Waals surface area contributed by atoms with Gasteiger partial charge in [0.1, 0.15) is 13.2 Å². The van der Waals surface area contributed by atoms with E-state index in [0.717, 1.165) is 96.3 Å². The third-order valence-corrected chi connectivity index (χ3v) is 16.3. The molecule has 0 aliphatic carbocycles. The molecular weight excluding hydrogens is 997 g/mol. The minimum absolute atomic E-state index is 0.0779. The van der Waals surface area contributed by atoms with Crippen LogP contribution in [0, 0.1) is 0 Å². The summed E-state index contributed by atoms with van der Waals surface area (Å²) in [6.45, 7) is 6.59. The Hall–Kier alpha value is -2.63. The van der Waals surface area contributed by atoms with Gasteiger partial charge in [-0.1, -0.05) is 345 Å². The van der Waals surface area contributed by atoms with Gasteiger partial charge in [-0.3, -0.25) is 14.4 Å². The summed E-state index contributed by atoms with van der Waals surface area (Å²) in [5, 5.41) is 0. The van der Waals surface area contributed by atoms with Crippen molar-refractivity contribution < 1.29 is 28.6 Å².